The first kappa shape index (κ1) is 12.8. The molecule has 0 saturated carbocycles. The van der Waals surface area contributed by atoms with E-state index in [-0.39, 0.29) is 10.0 Å². The number of hydrogen-bond donors (Lipinski definition) is 1. The predicted molar refractivity (Wildman–Crippen MR) is 70.0 cm³/mol. The van der Waals surface area contributed by atoms with Gasteiger partial charge in [0, 0.05) is 12.7 Å². The highest BCUT2D eigenvalue weighted by Gasteiger charge is 2.14. The molecule has 2 rings (SSSR count). The molecule has 1 heterocycles. The number of halogens is 2. The Morgan fingerprint density at radius 3 is 3.00 bits per heavy atom. The van der Waals surface area contributed by atoms with Gasteiger partial charge in [0.1, 0.15) is 5.82 Å². The molecule has 0 fully saturated rings. The van der Waals surface area contributed by atoms with E-state index in [1.807, 2.05) is 6.92 Å². The van der Waals surface area contributed by atoms with E-state index in [1.165, 1.54) is 12.3 Å². The third-order valence-corrected chi connectivity index (χ3v) is 3.02. The number of nitrogens with zero attached hydrogens (tertiary/aromatic N) is 2. The topological polar surface area (TPSA) is 46.9 Å². The van der Waals surface area contributed by atoms with Crippen LogP contribution in [0.5, 0.6) is 0 Å². The molecule has 2 aromatic rings. The minimum atomic E-state index is -0.571. The van der Waals surface area contributed by atoms with Crippen LogP contribution in [0.1, 0.15) is 17.3 Å². The van der Waals surface area contributed by atoms with Gasteiger partial charge in [0.15, 0.2) is 0 Å². The molecule has 1 aromatic heterocycles. The quantitative estimate of drug-likeness (QED) is 0.947. The number of rotatable bonds is 3. The van der Waals surface area contributed by atoms with Crippen molar-refractivity contribution in [3.63, 3.8) is 0 Å². The summed E-state index contributed by atoms with van der Waals surface area (Å²) in [6, 6.07) is 4.58. The van der Waals surface area contributed by atoms with Gasteiger partial charge in [-0.2, -0.15) is 5.10 Å². The van der Waals surface area contributed by atoms with Gasteiger partial charge >= 0.3 is 0 Å². The van der Waals surface area contributed by atoms with Gasteiger partial charge in [0.2, 0.25) is 0 Å². The molecular formula is C12H11BrFN3O. The van der Waals surface area contributed by atoms with Gasteiger partial charge in [0.05, 0.1) is 21.9 Å². The second-order valence-electron chi connectivity index (χ2n) is 3.64. The molecule has 1 aromatic carbocycles. The lowest BCUT2D eigenvalue weighted by Gasteiger charge is -2.04. The van der Waals surface area contributed by atoms with Gasteiger partial charge in [-0.05, 0) is 35.0 Å². The molecule has 0 unspecified atom stereocenters. The summed E-state index contributed by atoms with van der Waals surface area (Å²) in [7, 11) is 0. The summed E-state index contributed by atoms with van der Waals surface area (Å²) < 4.78 is 15.6. The average Bonchev–Trinajstić information content (AvgIpc) is 2.80. The number of aromatic nitrogens is 2. The lowest BCUT2D eigenvalue weighted by Crippen LogP contribution is -2.13. The maximum absolute atomic E-state index is 13.7. The van der Waals surface area contributed by atoms with Crippen LogP contribution >= 0.6 is 15.9 Å². The molecule has 6 heteroatoms. The van der Waals surface area contributed by atoms with Crippen molar-refractivity contribution in [2.75, 3.05) is 5.32 Å². The second kappa shape index (κ2) is 5.30. The number of carbonyl (C=O) groups excluding carboxylic acids is 1. The normalized spacial score (nSPS) is 10.4. The molecule has 0 aliphatic heterocycles. The Morgan fingerprint density at radius 1 is 1.56 bits per heavy atom. The molecule has 4 nitrogen and oxygen atoms in total. The Kier molecular flexibility index (Phi) is 3.76. The number of benzene rings is 1. The summed E-state index contributed by atoms with van der Waals surface area (Å²) in [5.41, 5.74) is 0.537. The number of carbonyl (C=O) groups is 1. The molecule has 0 atom stereocenters. The van der Waals surface area contributed by atoms with Crippen molar-refractivity contribution in [2.45, 2.75) is 13.5 Å². The minimum Gasteiger partial charge on any atom is -0.319 e. The number of hydrogen-bond acceptors (Lipinski definition) is 2. The van der Waals surface area contributed by atoms with Crippen molar-refractivity contribution in [1.82, 2.24) is 9.78 Å². The van der Waals surface area contributed by atoms with Crippen molar-refractivity contribution in [3.05, 3.63) is 46.4 Å². The highest BCUT2D eigenvalue weighted by molar-refractivity contribution is 9.10. The van der Waals surface area contributed by atoms with E-state index >= 15 is 0 Å². The zero-order chi connectivity index (χ0) is 13.1. The van der Waals surface area contributed by atoms with Gasteiger partial charge < -0.3 is 5.32 Å². The van der Waals surface area contributed by atoms with Crippen LogP contribution in [0.15, 0.2) is 35.1 Å². The third kappa shape index (κ3) is 2.59. The Labute approximate surface area is 112 Å². The van der Waals surface area contributed by atoms with E-state index in [4.69, 9.17) is 0 Å². The molecule has 0 radical (unpaired) electrons. The molecule has 0 spiro atoms. The van der Waals surface area contributed by atoms with Gasteiger partial charge in [-0.15, -0.1) is 0 Å². The lowest BCUT2D eigenvalue weighted by atomic mass is 10.2. The van der Waals surface area contributed by atoms with Crippen LogP contribution in [0, 0.1) is 5.82 Å². The summed E-state index contributed by atoms with van der Waals surface area (Å²) in [6.07, 6.45) is 3.21. The van der Waals surface area contributed by atoms with Crippen molar-refractivity contribution < 1.29 is 9.18 Å². The molecule has 1 amide bonds. The van der Waals surface area contributed by atoms with Crippen molar-refractivity contribution >= 4 is 27.5 Å². The highest BCUT2D eigenvalue weighted by Crippen LogP contribution is 2.19. The van der Waals surface area contributed by atoms with Crippen LogP contribution in [0.4, 0.5) is 10.1 Å². The molecule has 18 heavy (non-hydrogen) atoms. The Bertz CT molecular complexity index is 582. The maximum atomic E-state index is 13.7. The summed E-state index contributed by atoms with van der Waals surface area (Å²) in [6.45, 7) is 2.65. The first-order valence-electron chi connectivity index (χ1n) is 5.39. The first-order valence-corrected chi connectivity index (χ1v) is 6.19. The molecule has 94 valence electrons. The van der Waals surface area contributed by atoms with Crippen molar-refractivity contribution in [1.29, 1.82) is 0 Å². The van der Waals surface area contributed by atoms with Crippen LogP contribution in [-0.4, -0.2) is 15.7 Å². The summed E-state index contributed by atoms with van der Waals surface area (Å²) in [5.74, 6) is -1.07. The summed E-state index contributed by atoms with van der Waals surface area (Å²) in [4.78, 5) is 11.9. The second-order valence-corrected chi connectivity index (χ2v) is 4.49. The number of amides is 1. The van der Waals surface area contributed by atoms with E-state index in [9.17, 15) is 9.18 Å². The first-order chi connectivity index (χ1) is 8.61. The molecular weight excluding hydrogens is 301 g/mol. The SMILES string of the molecule is CCn1cc(NC(=O)c2cccc(Br)c2F)cn1. The smallest absolute Gasteiger partial charge is 0.258 e. The predicted octanol–water partition coefficient (Wildman–Crippen LogP) is 3.06. The van der Waals surface area contributed by atoms with Crippen LogP contribution in [0.3, 0.4) is 0 Å². The van der Waals surface area contributed by atoms with Crippen LogP contribution in [0.2, 0.25) is 0 Å². The molecule has 0 aliphatic rings. The number of nitrogens with one attached hydrogen (secondary N) is 1. The van der Waals surface area contributed by atoms with Gasteiger partial charge in [-0.3, -0.25) is 9.48 Å². The van der Waals surface area contributed by atoms with E-state index in [2.05, 4.69) is 26.3 Å². The average molecular weight is 312 g/mol. The molecule has 1 N–H and O–H groups in total. The van der Waals surface area contributed by atoms with Crippen LogP contribution in [-0.2, 0) is 6.54 Å². The third-order valence-electron chi connectivity index (χ3n) is 2.41. The zero-order valence-electron chi connectivity index (χ0n) is 9.65. The molecule has 0 aliphatic carbocycles. The lowest BCUT2D eigenvalue weighted by molar-refractivity contribution is 0.102. The van der Waals surface area contributed by atoms with E-state index in [1.54, 1.807) is 23.0 Å². The standard InChI is InChI=1S/C12H11BrFN3O/c1-2-17-7-8(6-15-17)16-12(18)9-4-3-5-10(13)11(9)14/h3-7H,2H2,1H3,(H,16,18). The molecule has 0 bridgehead atoms. The highest BCUT2D eigenvalue weighted by atomic mass is 79.9. The fraction of sp³-hybridized carbons (Fsp3) is 0.167. The fourth-order valence-corrected chi connectivity index (χ4v) is 1.84. The number of anilines is 1. The van der Waals surface area contributed by atoms with Gasteiger partial charge in [0.25, 0.3) is 5.91 Å². The van der Waals surface area contributed by atoms with E-state index in [0.29, 0.717) is 12.2 Å². The molecule has 0 saturated heterocycles. The largest absolute Gasteiger partial charge is 0.319 e. The Morgan fingerprint density at radius 2 is 2.33 bits per heavy atom. The Hall–Kier alpha value is -1.69. The van der Waals surface area contributed by atoms with Crippen molar-refractivity contribution in [2.24, 2.45) is 0 Å². The monoisotopic (exact) mass is 311 g/mol. The maximum Gasteiger partial charge on any atom is 0.258 e. The van der Waals surface area contributed by atoms with Crippen LogP contribution in [0.25, 0.3) is 0 Å². The van der Waals surface area contributed by atoms with Gasteiger partial charge in [-0.25, -0.2) is 4.39 Å². The zero-order valence-corrected chi connectivity index (χ0v) is 11.2. The Balaban J connectivity index is 2.19. The fourth-order valence-electron chi connectivity index (χ4n) is 1.48. The van der Waals surface area contributed by atoms with E-state index in [0.717, 1.165) is 0 Å². The van der Waals surface area contributed by atoms with E-state index < -0.39 is 11.7 Å². The van der Waals surface area contributed by atoms with Gasteiger partial charge in [-0.1, -0.05) is 6.07 Å². The number of aryl methyl sites for hydroxylation is 1. The van der Waals surface area contributed by atoms with Crippen LogP contribution < -0.4 is 5.32 Å². The summed E-state index contributed by atoms with van der Waals surface area (Å²) >= 11 is 3.04. The summed E-state index contributed by atoms with van der Waals surface area (Å²) in [5, 5.41) is 6.62. The minimum absolute atomic E-state index is 0.00590. The van der Waals surface area contributed by atoms with Crippen molar-refractivity contribution in [3.8, 4) is 0 Å².